The van der Waals surface area contributed by atoms with Crippen molar-refractivity contribution in [1.29, 1.82) is 0 Å². The molecule has 1 aromatic rings. The van der Waals surface area contributed by atoms with Crippen molar-refractivity contribution >= 4 is 12.2 Å². The van der Waals surface area contributed by atoms with E-state index in [0.717, 1.165) is 0 Å². The number of aromatic amines is 1. The van der Waals surface area contributed by atoms with Crippen LogP contribution in [-0.2, 0) is 0 Å². The van der Waals surface area contributed by atoms with Crippen molar-refractivity contribution < 1.29 is 10.2 Å². The summed E-state index contributed by atoms with van der Waals surface area (Å²) in [7, 11) is 0. The van der Waals surface area contributed by atoms with E-state index in [2.05, 4.69) is 4.98 Å². The van der Waals surface area contributed by atoms with Gasteiger partial charge in [0.15, 0.2) is 4.77 Å². The van der Waals surface area contributed by atoms with Gasteiger partial charge in [0.1, 0.15) is 0 Å². The van der Waals surface area contributed by atoms with E-state index in [1.165, 1.54) is 6.07 Å². The molecule has 3 unspecified atom stereocenters. The minimum absolute atomic E-state index is 0.0736. The molecule has 0 saturated heterocycles. The van der Waals surface area contributed by atoms with E-state index in [9.17, 15) is 9.90 Å². The molecule has 0 spiro atoms. The van der Waals surface area contributed by atoms with Crippen LogP contribution in [0.3, 0.4) is 0 Å². The van der Waals surface area contributed by atoms with Crippen molar-refractivity contribution in [2.45, 2.75) is 25.0 Å². The summed E-state index contributed by atoms with van der Waals surface area (Å²) in [6.45, 7) is 0.0736. The first kappa shape index (κ1) is 11.5. The topological polar surface area (TPSA) is 78.2 Å². The summed E-state index contributed by atoms with van der Waals surface area (Å²) in [5, 5.41) is 18.9. The first-order chi connectivity index (χ1) is 7.61. The third-order valence-corrected chi connectivity index (χ3v) is 3.37. The fourth-order valence-electron chi connectivity index (χ4n) is 2.23. The minimum atomic E-state index is -0.519. The van der Waals surface area contributed by atoms with Crippen LogP contribution in [0.5, 0.6) is 0 Å². The Morgan fingerprint density at radius 1 is 1.56 bits per heavy atom. The largest absolute Gasteiger partial charge is 0.396 e. The molecule has 0 radical (unpaired) electrons. The van der Waals surface area contributed by atoms with Gasteiger partial charge in [-0.15, -0.1) is 0 Å². The van der Waals surface area contributed by atoms with E-state index in [-0.39, 0.29) is 24.1 Å². The molecule has 3 N–H and O–H groups in total. The zero-order valence-electron chi connectivity index (χ0n) is 8.67. The van der Waals surface area contributed by atoms with E-state index in [1.807, 2.05) is 0 Å². The molecule has 2 rings (SSSR count). The lowest BCUT2D eigenvalue weighted by Gasteiger charge is -2.17. The number of hydrogen-bond donors (Lipinski definition) is 3. The Labute approximate surface area is 97.4 Å². The fourth-order valence-corrected chi connectivity index (χ4v) is 2.53. The fraction of sp³-hybridized carbons (Fsp3) is 0.600. The Morgan fingerprint density at radius 3 is 2.88 bits per heavy atom. The normalized spacial score (nSPS) is 29.5. The number of nitrogens with one attached hydrogen (secondary N) is 1. The molecule has 0 aromatic carbocycles. The molecule has 0 bridgehead atoms. The predicted molar refractivity (Wildman–Crippen MR) is 60.7 cm³/mol. The van der Waals surface area contributed by atoms with Crippen LogP contribution in [0.1, 0.15) is 18.9 Å². The first-order valence-electron chi connectivity index (χ1n) is 5.22. The summed E-state index contributed by atoms with van der Waals surface area (Å²) in [5.41, 5.74) is -0.243. The summed E-state index contributed by atoms with van der Waals surface area (Å²) in [5.74, 6) is 0.105. The van der Waals surface area contributed by atoms with E-state index >= 15 is 0 Å². The van der Waals surface area contributed by atoms with Crippen LogP contribution in [0.25, 0.3) is 0 Å². The molecule has 6 heteroatoms. The summed E-state index contributed by atoms with van der Waals surface area (Å²) in [6, 6.07) is 1.23. The van der Waals surface area contributed by atoms with Crippen LogP contribution in [-0.4, -0.2) is 32.5 Å². The number of rotatable bonds is 2. The standard InChI is InChI=1S/C10H14N2O3S/c13-5-6-3-7(8(14)4-6)12-2-1-9(15)11-10(12)16/h1-2,6-8,13-14H,3-5H2,(H,11,15,16). The van der Waals surface area contributed by atoms with Gasteiger partial charge in [-0.2, -0.15) is 0 Å². The van der Waals surface area contributed by atoms with E-state index in [1.54, 1.807) is 10.8 Å². The first-order valence-corrected chi connectivity index (χ1v) is 5.63. The average molecular weight is 242 g/mol. The van der Waals surface area contributed by atoms with E-state index in [4.69, 9.17) is 17.3 Å². The Balaban J connectivity index is 2.31. The molecule has 1 aromatic heterocycles. The SMILES string of the molecule is O=c1ccn(C2CC(CO)CC2O)c(=S)[nH]1. The van der Waals surface area contributed by atoms with Crippen LogP contribution < -0.4 is 5.56 Å². The molecular weight excluding hydrogens is 228 g/mol. The van der Waals surface area contributed by atoms with Crippen molar-refractivity contribution in [3.05, 3.63) is 27.4 Å². The number of aliphatic hydroxyl groups is 2. The number of nitrogens with zero attached hydrogens (tertiary/aromatic N) is 1. The average Bonchev–Trinajstić information content (AvgIpc) is 2.60. The van der Waals surface area contributed by atoms with Crippen LogP contribution in [0.2, 0.25) is 0 Å². The second kappa shape index (κ2) is 4.48. The Morgan fingerprint density at radius 2 is 2.31 bits per heavy atom. The number of hydrogen-bond acceptors (Lipinski definition) is 4. The zero-order chi connectivity index (χ0) is 11.7. The Hall–Kier alpha value is -0.980. The Kier molecular flexibility index (Phi) is 3.22. The number of aromatic nitrogens is 2. The maximum absolute atomic E-state index is 11.0. The highest BCUT2D eigenvalue weighted by molar-refractivity contribution is 7.71. The highest BCUT2D eigenvalue weighted by Crippen LogP contribution is 2.34. The van der Waals surface area contributed by atoms with Crippen LogP contribution >= 0.6 is 12.2 Å². The molecule has 1 saturated carbocycles. The maximum atomic E-state index is 11.0. The lowest BCUT2D eigenvalue weighted by molar-refractivity contribution is 0.130. The molecule has 88 valence electrons. The molecule has 5 nitrogen and oxygen atoms in total. The molecule has 1 aliphatic rings. The molecule has 0 amide bonds. The predicted octanol–water partition coefficient (Wildman–Crippen LogP) is 0.210. The maximum Gasteiger partial charge on any atom is 0.251 e. The van der Waals surface area contributed by atoms with Gasteiger partial charge in [-0.25, -0.2) is 0 Å². The van der Waals surface area contributed by atoms with Gasteiger partial charge in [0, 0.05) is 18.9 Å². The number of aliphatic hydroxyl groups excluding tert-OH is 2. The summed E-state index contributed by atoms with van der Waals surface area (Å²) >= 11 is 5.04. The Bertz CT molecular complexity index is 481. The lowest BCUT2D eigenvalue weighted by Crippen LogP contribution is -2.21. The van der Waals surface area contributed by atoms with Crippen molar-refractivity contribution in [2.24, 2.45) is 5.92 Å². The van der Waals surface area contributed by atoms with Crippen LogP contribution in [0, 0.1) is 10.7 Å². The van der Waals surface area contributed by atoms with Crippen LogP contribution in [0.4, 0.5) is 0 Å². The van der Waals surface area contributed by atoms with E-state index in [0.29, 0.717) is 17.6 Å². The quantitative estimate of drug-likeness (QED) is 0.648. The van der Waals surface area contributed by atoms with Crippen molar-refractivity contribution in [1.82, 2.24) is 9.55 Å². The van der Waals surface area contributed by atoms with Gasteiger partial charge in [0.25, 0.3) is 5.56 Å². The molecule has 1 fully saturated rings. The van der Waals surface area contributed by atoms with Gasteiger partial charge in [-0.3, -0.25) is 9.78 Å². The van der Waals surface area contributed by atoms with Crippen molar-refractivity contribution in [3.8, 4) is 0 Å². The second-order valence-electron chi connectivity index (χ2n) is 4.17. The molecular formula is C10H14N2O3S. The molecule has 1 aliphatic carbocycles. The van der Waals surface area contributed by atoms with Gasteiger partial charge in [0.05, 0.1) is 12.1 Å². The highest BCUT2D eigenvalue weighted by Gasteiger charge is 2.33. The monoisotopic (exact) mass is 242 g/mol. The van der Waals surface area contributed by atoms with Gasteiger partial charge in [-0.1, -0.05) is 0 Å². The van der Waals surface area contributed by atoms with Gasteiger partial charge >= 0.3 is 0 Å². The second-order valence-corrected chi connectivity index (χ2v) is 4.56. The summed E-state index contributed by atoms with van der Waals surface area (Å²) in [4.78, 5) is 13.5. The third kappa shape index (κ3) is 2.09. The zero-order valence-corrected chi connectivity index (χ0v) is 9.48. The molecule has 3 atom stereocenters. The minimum Gasteiger partial charge on any atom is -0.396 e. The highest BCUT2D eigenvalue weighted by atomic mass is 32.1. The summed E-state index contributed by atoms with van der Waals surface area (Å²) in [6.07, 6.45) is 2.32. The molecule has 1 heterocycles. The molecule has 16 heavy (non-hydrogen) atoms. The number of H-pyrrole nitrogens is 1. The van der Waals surface area contributed by atoms with E-state index < -0.39 is 6.10 Å². The van der Waals surface area contributed by atoms with Crippen molar-refractivity contribution in [3.63, 3.8) is 0 Å². The van der Waals surface area contributed by atoms with Crippen molar-refractivity contribution in [2.75, 3.05) is 6.61 Å². The van der Waals surface area contributed by atoms with Gasteiger partial charge < -0.3 is 14.8 Å². The van der Waals surface area contributed by atoms with Crippen LogP contribution in [0.15, 0.2) is 17.1 Å². The molecule has 0 aliphatic heterocycles. The third-order valence-electron chi connectivity index (χ3n) is 3.06. The summed E-state index contributed by atoms with van der Waals surface area (Å²) < 4.78 is 2.01. The lowest BCUT2D eigenvalue weighted by atomic mass is 10.1. The smallest absolute Gasteiger partial charge is 0.251 e. The van der Waals surface area contributed by atoms with Gasteiger partial charge in [-0.05, 0) is 31.0 Å². The van der Waals surface area contributed by atoms with Gasteiger partial charge in [0.2, 0.25) is 0 Å².